The van der Waals surface area contributed by atoms with Gasteiger partial charge in [0, 0.05) is 25.3 Å². The second-order valence-corrected chi connectivity index (χ2v) is 5.89. The van der Waals surface area contributed by atoms with Crippen molar-refractivity contribution in [3.63, 3.8) is 0 Å². The van der Waals surface area contributed by atoms with E-state index in [1.165, 1.54) is 16.8 Å². The standard InChI is InChI=1S/C18H15FN6O/c1-24(2)14-7-3-12(4-8-14)18-20-17(22-26-18)16-11-25(23-21-16)15-9-5-13(19)6-10-15/h3-11H,1-2H3. The molecule has 0 saturated heterocycles. The largest absolute Gasteiger partial charge is 0.378 e. The molecule has 4 aromatic rings. The fraction of sp³-hybridized carbons (Fsp3) is 0.111. The lowest BCUT2D eigenvalue weighted by Crippen LogP contribution is -2.07. The van der Waals surface area contributed by atoms with Gasteiger partial charge in [0.1, 0.15) is 5.82 Å². The third kappa shape index (κ3) is 3.04. The van der Waals surface area contributed by atoms with Crippen molar-refractivity contribution in [1.82, 2.24) is 25.1 Å². The molecular weight excluding hydrogens is 335 g/mol. The number of aromatic nitrogens is 5. The first-order valence-electron chi connectivity index (χ1n) is 7.90. The summed E-state index contributed by atoms with van der Waals surface area (Å²) in [4.78, 5) is 6.39. The second-order valence-electron chi connectivity index (χ2n) is 5.89. The Hall–Kier alpha value is -3.55. The summed E-state index contributed by atoms with van der Waals surface area (Å²) < 4.78 is 19.9. The summed E-state index contributed by atoms with van der Waals surface area (Å²) in [6.07, 6.45) is 1.66. The molecule has 0 spiro atoms. The maximum absolute atomic E-state index is 13.0. The average Bonchev–Trinajstić information content (AvgIpc) is 3.32. The van der Waals surface area contributed by atoms with Gasteiger partial charge in [-0.1, -0.05) is 10.4 Å². The van der Waals surface area contributed by atoms with Gasteiger partial charge >= 0.3 is 0 Å². The molecule has 0 amide bonds. The summed E-state index contributed by atoms with van der Waals surface area (Å²) in [5, 5.41) is 12.0. The lowest BCUT2D eigenvalue weighted by atomic mass is 10.2. The smallest absolute Gasteiger partial charge is 0.258 e. The Morgan fingerprint density at radius 2 is 1.73 bits per heavy atom. The molecular formula is C18H15FN6O. The Balaban J connectivity index is 1.59. The van der Waals surface area contributed by atoms with Gasteiger partial charge in [-0.3, -0.25) is 0 Å². The van der Waals surface area contributed by atoms with Crippen LogP contribution in [0.15, 0.2) is 59.3 Å². The number of nitrogens with zero attached hydrogens (tertiary/aromatic N) is 6. The number of benzene rings is 2. The summed E-state index contributed by atoms with van der Waals surface area (Å²) in [6, 6.07) is 13.7. The van der Waals surface area contributed by atoms with E-state index < -0.39 is 0 Å². The lowest BCUT2D eigenvalue weighted by Gasteiger charge is -2.11. The lowest BCUT2D eigenvalue weighted by molar-refractivity contribution is 0.432. The number of hydrogen-bond acceptors (Lipinski definition) is 6. The van der Waals surface area contributed by atoms with E-state index in [0.29, 0.717) is 23.1 Å². The monoisotopic (exact) mass is 350 g/mol. The van der Waals surface area contributed by atoms with Gasteiger partial charge in [0.15, 0.2) is 5.69 Å². The molecule has 7 nitrogen and oxygen atoms in total. The zero-order chi connectivity index (χ0) is 18.1. The third-order valence-electron chi connectivity index (χ3n) is 3.87. The Morgan fingerprint density at radius 1 is 1.00 bits per heavy atom. The number of halogens is 1. The molecule has 0 atom stereocenters. The van der Waals surface area contributed by atoms with Crippen LogP contribution < -0.4 is 4.90 Å². The van der Waals surface area contributed by atoms with E-state index in [4.69, 9.17) is 4.52 Å². The highest BCUT2D eigenvalue weighted by Gasteiger charge is 2.14. The Kier molecular flexibility index (Phi) is 3.92. The van der Waals surface area contributed by atoms with E-state index in [-0.39, 0.29) is 5.82 Å². The molecule has 130 valence electrons. The van der Waals surface area contributed by atoms with Crippen molar-refractivity contribution in [2.45, 2.75) is 0 Å². The molecule has 0 unspecified atom stereocenters. The first-order chi connectivity index (χ1) is 12.6. The third-order valence-corrected chi connectivity index (χ3v) is 3.87. The minimum Gasteiger partial charge on any atom is -0.378 e. The molecule has 2 aromatic carbocycles. The zero-order valence-electron chi connectivity index (χ0n) is 14.2. The topological polar surface area (TPSA) is 72.9 Å². The van der Waals surface area contributed by atoms with Crippen LogP contribution in [0.25, 0.3) is 28.7 Å². The highest BCUT2D eigenvalue weighted by Crippen LogP contribution is 2.23. The van der Waals surface area contributed by atoms with Crippen molar-refractivity contribution >= 4 is 5.69 Å². The van der Waals surface area contributed by atoms with Gasteiger partial charge in [-0.05, 0) is 48.5 Å². The van der Waals surface area contributed by atoms with Crippen LogP contribution in [-0.4, -0.2) is 39.2 Å². The zero-order valence-corrected chi connectivity index (χ0v) is 14.2. The van der Waals surface area contributed by atoms with Crippen LogP contribution in [0.2, 0.25) is 0 Å². The van der Waals surface area contributed by atoms with Crippen molar-refractivity contribution in [1.29, 1.82) is 0 Å². The van der Waals surface area contributed by atoms with E-state index in [9.17, 15) is 4.39 Å². The first kappa shape index (κ1) is 15.9. The highest BCUT2D eigenvalue weighted by molar-refractivity contribution is 5.60. The van der Waals surface area contributed by atoms with Crippen molar-refractivity contribution in [2.24, 2.45) is 0 Å². The van der Waals surface area contributed by atoms with E-state index in [2.05, 4.69) is 20.5 Å². The van der Waals surface area contributed by atoms with Gasteiger partial charge in [0.25, 0.3) is 5.89 Å². The molecule has 2 heterocycles. The van der Waals surface area contributed by atoms with Crippen LogP contribution in [0.1, 0.15) is 0 Å². The van der Waals surface area contributed by atoms with Crippen LogP contribution in [0.3, 0.4) is 0 Å². The van der Waals surface area contributed by atoms with Gasteiger partial charge < -0.3 is 9.42 Å². The van der Waals surface area contributed by atoms with E-state index >= 15 is 0 Å². The quantitative estimate of drug-likeness (QED) is 0.563. The van der Waals surface area contributed by atoms with Crippen molar-refractivity contribution in [2.75, 3.05) is 19.0 Å². The summed E-state index contributed by atoms with van der Waals surface area (Å²) >= 11 is 0. The molecule has 0 aliphatic heterocycles. The van der Waals surface area contributed by atoms with Crippen LogP contribution in [0.5, 0.6) is 0 Å². The van der Waals surface area contributed by atoms with Crippen molar-refractivity contribution in [3.05, 3.63) is 60.5 Å². The van der Waals surface area contributed by atoms with Gasteiger partial charge in [-0.2, -0.15) is 4.98 Å². The summed E-state index contributed by atoms with van der Waals surface area (Å²) in [5.74, 6) is 0.434. The van der Waals surface area contributed by atoms with Gasteiger partial charge in [0.2, 0.25) is 5.82 Å². The van der Waals surface area contributed by atoms with E-state index in [0.717, 1.165) is 11.3 Å². The van der Waals surface area contributed by atoms with Crippen molar-refractivity contribution < 1.29 is 8.91 Å². The molecule has 8 heteroatoms. The second kappa shape index (κ2) is 6.40. The van der Waals surface area contributed by atoms with Gasteiger partial charge in [0.05, 0.1) is 11.9 Å². The van der Waals surface area contributed by atoms with E-state index in [1.807, 2.05) is 43.3 Å². The predicted molar refractivity (Wildman–Crippen MR) is 94.4 cm³/mol. The molecule has 26 heavy (non-hydrogen) atoms. The molecule has 0 aliphatic carbocycles. The maximum Gasteiger partial charge on any atom is 0.258 e. The fourth-order valence-corrected chi connectivity index (χ4v) is 2.43. The minimum atomic E-state index is -0.308. The normalized spacial score (nSPS) is 10.9. The molecule has 0 bridgehead atoms. The molecule has 0 N–H and O–H groups in total. The van der Waals surface area contributed by atoms with Gasteiger partial charge in [-0.15, -0.1) is 5.10 Å². The molecule has 0 radical (unpaired) electrons. The molecule has 2 aromatic heterocycles. The SMILES string of the molecule is CN(C)c1ccc(-c2nc(-c3cn(-c4ccc(F)cc4)nn3)no2)cc1. The van der Waals surface area contributed by atoms with Crippen molar-refractivity contribution in [3.8, 4) is 28.7 Å². The molecule has 4 rings (SSSR count). The predicted octanol–water partition coefficient (Wildman–Crippen LogP) is 3.19. The molecule has 0 fully saturated rings. The number of rotatable bonds is 4. The summed E-state index contributed by atoms with van der Waals surface area (Å²) in [5.41, 5.74) is 3.05. The Morgan fingerprint density at radius 3 is 2.42 bits per heavy atom. The summed E-state index contributed by atoms with van der Waals surface area (Å²) in [7, 11) is 3.95. The minimum absolute atomic E-state index is 0.308. The van der Waals surface area contributed by atoms with Crippen LogP contribution in [-0.2, 0) is 0 Å². The molecule has 0 aliphatic rings. The van der Waals surface area contributed by atoms with Gasteiger partial charge in [-0.25, -0.2) is 9.07 Å². The van der Waals surface area contributed by atoms with Crippen LogP contribution in [0, 0.1) is 5.82 Å². The first-order valence-corrected chi connectivity index (χ1v) is 7.90. The number of hydrogen-bond donors (Lipinski definition) is 0. The Labute approximate surface area is 148 Å². The average molecular weight is 350 g/mol. The Bertz CT molecular complexity index is 1020. The number of anilines is 1. The maximum atomic E-state index is 13.0. The van der Waals surface area contributed by atoms with E-state index in [1.54, 1.807) is 18.3 Å². The fourth-order valence-electron chi connectivity index (χ4n) is 2.43. The summed E-state index contributed by atoms with van der Waals surface area (Å²) in [6.45, 7) is 0. The van der Waals surface area contributed by atoms with Crippen LogP contribution in [0.4, 0.5) is 10.1 Å². The van der Waals surface area contributed by atoms with Crippen LogP contribution >= 0.6 is 0 Å². The highest BCUT2D eigenvalue weighted by atomic mass is 19.1. The molecule has 0 saturated carbocycles.